The Bertz CT molecular complexity index is 1200. The third-order valence-electron chi connectivity index (χ3n) is 6.45. The summed E-state index contributed by atoms with van der Waals surface area (Å²) in [7, 11) is 0. The summed E-state index contributed by atoms with van der Waals surface area (Å²) in [5.41, 5.74) is 3.30. The van der Waals surface area contributed by atoms with Gasteiger partial charge in [0, 0.05) is 45.0 Å². The van der Waals surface area contributed by atoms with Crippen LogP contribution in [0.15, 0.2) is 53.6 Å². The van der Waals surface area contributed by atoms with Crippen LogP contribution in [0.1, 0.15) is 47.1 Å². The molecule has 2 aliphatic rings. The highest BCUT2D eigenvalue weighted by atomic mass is 19.1. The van der Waals surface area contributed by atoms with Gasteiger partial charge in [0.1, 0.15) is 11.6 Å². The Balaban J connectivity index is 1.31. The number of nitrogens with one attached hydrogen (secondary N) is 1. The maximum atomic E-state index is 13.2. The SMILES string of the molecule is O=C(Cc1ccc(F)cc1)N1CCC[C@@H]1c1nc2c(c(=O)[nH]1)CN(Cc1cccnc1)CC2. The van der Waals surface area contributed by atoms with Gasteiger partial charge in [-0.2, -0.15) is 0 Å². The molecule has 4 heterocycles. The number of carbonyl (C=O) groups excluding carboxylic acids is 1. The summed E-state index contributed by atoms with van der Waals surface area (Å²) in [6.45, 7) is 2.73. The van der Waals surface area contributed by atoms with E-state index in [0.29, 0.717) is 30.9 Å². The van der Waals surface area contributed by atoms with E-state index in [1.807, 2.05) is 18.3 Å². The molecule has 170 valence electrons. The molecule has 0 radical (unpaired) electrons. The lowest BCUT2D eigenvalue weighted by atomic mass is 10.1. The number of H-pyrrole nitrogens is 1. The Hall–Kier alpha value is -3.39. The zero-order chi connectivity index (χ0) is 22.8. The number of aromatic nitrogens is 3. The van der Waals surface area contributed by atoms with Crippen LogP contribution in [0.2, 0.25) is 0 Å². The van der Waals surface area contributed by atoms with E-state index in [9.17, 15) is 14.0 Å². The normalized spacial score (nSPS) is 18.3. The third kappa shape index (κ3) is 4.71. The largest absolute Gasteiger partial charge is 0.332 e. The molecule has 1 aromatic carbocycles. The minimum atomic E-state index is -0.319. The highest BCUT2D eigenvalue weighted by Gasteiger charge is 2.33. The fourth-order valence-electron chi connectivity index (χ4n) is 4.77. The summed E-state index contributed by atoms with van der Waals surface area (Å²) in [5, 5.41) is 0. The molecular formula is C25H26FN5O2. The number of aromatic amines is 1. The second kappa shape index (κ2) is 9.23. The Morgan fingerprint density at radius 1 is 1.15 bits per heavy atom. The maximum Gasteiger partial charge on any atom is 0.255 e. The fourth-order valence-corrected chi connectivity index (χ4v) is 4.77. The lowest BCUT2D eigenvalue weighted by Crippen LogP contribution is -2.38. The van der Waals surface area contributed by atoms with E-state index in [1.165, 1.54) is 12.1 Å². The van der Waals surface area contributed by atoms with E-state index in [1.54, 1.807) is 23.2 Å². The zero-order valence-electron chi connectivity index (χ0n) is 18.3. The second-order valence-electron chi connectivity index (χ2n) is 8.75. The Morgan fingerprint density at radius 2 is 2.00 bits per heavy atom. The first-order valence-electron chi connectivity index (χ1n) is 11.3. The average Bonchev–Trinajstić information content (AvgIpc) is 3.32. The molecular weight excluding hydrogens is 421 g/mol. The number of likely N-dealkylation sites (tertiary alicyclic amines) is 1. The van der Waals surface area contributed by atoms with Gasteiger partial charge in [-0.3, -0.25) is 19.5 Å². The molecule has 1 saturated heterocycles. The predicted octanol–water partition coefficient (Wildman–Crippen LogP) is 2.77. The number of amides is 1. The molecule has 1 fully saturated rings. The van der Waals surface area contributed by atoms with Gasteiger partial charge >= 0.3 is 0 Å². The Kier molecular flexibility index (Phi) is 6.00. The van der Waals surface area contributed by atoms with Crippen molar-refractivity contribution in [2.75, 3.05) is 13.1 Å². The summed E-state index contributed by atoms with van der Waals surface area (Å²) in [4.78, 5) is 41.9. The van der Waals surface area contributed by atoms with E-state index in [2.05, 4.69) is 14.9 Å². The maximum absolute atomic E-state index is 13.2. The first-order valence-corrected chi connectivity index (χ1v) is 11.3. The number of hydrogen-bond donors (Lipinski definition) is 1. The van der Waals surface area contributed by atoms with Crippen LogP contribution in [-0.4, -0.2) is 43.7 Å². The van der Waals surface area contributed by atoms with Crippen LogP contribution < -0.4 is 5.56 Å². The minimum Gasteiger partial charge on any atom is -0.332 e. The van der Waals surface area contributed by atoms with Crippen molar-refractivity contribution < 1.29 is 9.18 Å². The van der Waals surface area contributed by atoms with Crippen molar-refractivity contribution in [3.63, 3.8) is 0 Å². The molecule has 0 saturated carbocycles. The van der Waals surface area contributed by atoms with Gasteiger partial charge in [0.05, 0.1) is 23.7 Å². The van der Waals surface area contributed by atoms with Crippen LogP contribution in [0.3, 0.4) is 0 Å². The van der Waals surface area contributed by atoms with E-state index >= 15 is 0 Å². The van der Waals surface area contributed by atoms with Crippen LogP contribution in [0, 0.1) is 5.82 Å². The molecule has 2 aromatic heterocycles. The van der Waals surface area contributed by atoms with Crippen molar-refractivity contribution in [1.82, 2.24) is 24.8 Å². The number of halogens is 1. The first kappa shape index (κ1) is 21.5. The molecule has 8 heteroatoms. The zero-order valence-corrected chi connectivity index (χ0v) is 18.3. The molecule has 3 aromatic rings. The molecule has 0 aliphatic carbocycles. The summed E-state index contributed by atoms with van der Waals surface area (Å²) in [5.74, 6) is 0.219. The number of rotatable bonds is 5. The van der Waals surface area contributed by atoms with Gasteiger partial charge in [-0.1, -0.05) is 18.2 Å². The Morgan fingerprint density at radius 3 is 2.79 bits per heavy atom. The number of hydrogen-bond acceptors (Lipinski definition) is 5. The highest BCUT2D eigenvalue weighted by Crippen LogP contribution is 2.31. The molecule has 0 spiro atoms. The molecule has 1 atom stereocenters. The number of pyridine rings is 1. The minimum absolute atomic E-state index is 0.0351. The Labute approximate surface area is 191 Å². The summed E-state index contributed by atoms with van der Waals surface area (Å²) >= 11 is 0. The van der Waals surface area contributed by atoms with Crippen molar-refractivity contribution in [3.05, 3.63) is 93.2 Å². The van der Waals surface area contributed by atoms with E-state index in [0.717, 1.165) is 42.8 Å². The molecule has 5 rings (SSSR count). The predicted molar refractivity (Wildman–Crippen MR) is 121 cm³/mol. The topological polar surface area (TPSA) is 82.2 Å². The smallest absolute Gasteiger partial charge is 0.255 e. The van der Waals surface area contributed by atoms with Crippen molar-refractivity contribution in [2.24, 2.45) is 0 Å². The summed E-state index contributed by atoms with van der Waals surface area (Å²) in [6, 6.07) is 9.71. The molecule has 0 bridgehead atoms. The van der Waals surface area contributed by atoms with Gasteiger partial charge in [0.25, 0.3) is 5.56 Å². The van der Waals surface area contributed by atoms with Crippen molar-refractivity contribution in [1.29, 1.82) is 0 Å². The third-order valence-corrected chi connectivity index (χ3v) is 6.45. The summed E-state index contributed by atoms with van der Waals surface area (Å²) < 4.78 is 13.2. The van der Waals surface area contributed by atoms with Gasteiger partial charge in [-0.15, -0.1) is 0 Å². The first-order chi connectivity index (χ1) is 16.1. The van der Waals surface area contributed by atoms with Gasteiger partial charge in [-0.25, -0.2) is 9.37 Å². The summed E-state index contributed by atoms with van der Waals surface area (Å²) in [6.07, 6.45) is 6.13. The molecule has 1 N–H and O–H groups in total. The van der Waals surface area contributed by atoms with E-state index in [-0.39, 0.29) is 29.7 Å². The standard InChI is InChI=1S/C25H26FN5O2/c26-19-7-5-17(6-8-19)13-23(32)31-11-2-4-22(31)24-28-21-9-12-30(16-20(21)25(33)29-24)15-18-3-1-10-27-14-18/h1,3,5-8,10,14,22H,2,4,9,11-13,15-16H2,(H,28,29,33)/t22-/m1/s1. The van der Waals surface area contributed by atoms with Gasteiger partial charge in [-0.05, 0) is 42.2 Å². The molecule has 7 nitrogen and oxygen atoms in total. The quantitative estimate of drug-likeness (QED) is 0.651. The molecule has 1 amide bonds. The van der Waals surface area contributed by atoms with Crippen molar-refractivity contribution in [3.8, 4) is 0 Å². The van der Waals surface area contributed by atoms with Crippen LogP contribution in [-0.2, 0) is 30.7 Å². The fraction of sp³-hybridized carbons (Fsp3) is 0.360. The van der Waals surface area contributed by atoms with Crippen LogP contribution in [0.5, 0.6) is 0 Å². The number of fused-ring (bicyclic) bond motifs is 1. The number of carbonyl (C=O) groups is 1. The van der Waals surface area contributed by atoms with Gasteiger partial charge in [0.15, 0.2) is 0 Å². The van der Waals surface area contributed by atoms with Gasteiger partial charge < -0.3 is 9.88 Å². The lowest BCUT2D eigenvalue weighted by Gasteiger charge is -2.29. The van der Waals surface area contributed by atoms with Crippen LogP contribution >= 0.6 is 0 Å². The van der Waals surface area contributed by atoms with Crippen LogP contribution in [0.25, 0.3) is 0 Å². The lowest BCUT2D eigenvalue weighted by molar-refractivity contribution is -0.131. The number of benzene rings is 1. The molecule has 2 aliphatic heterocycles. The average molecular weight is 448 g/mol. The van der Waals surface area contributed by atoms with Crippen molar-refractivity contribution in [2.45, 2.75) is 44.8 Å². The highest BCUT2D eigenvalue weighted by molar-refractivity contribution is 5.79. The monoisotopic (exact) mass is 447 g/mol. The number of nitrogens with zero attached hydrogens (tertiary/aromatic N) is 4. The van der Waals surface area contributed by atoms with Gasteiger partial charge in [0.2, 0.25) is 5.91 Å². The van der Waals surface area contributed by atoms with Crippen molar-refractivity contribution >= 4 is 5.91 Å². The van der Waals surface area contributed by atoms with E-state index in [4.69, 9.17) is 4.98 Å². The van der Waals surface area contributed by atoms with Crippen LogP contribution in [0.4, 0.5) is 4.39 Å². The second-order valence-corrected chi connectivity index (χ2v) is 8.75. The van der Waals surface area contributed by atoms with E-state index < -0.39 is 0 Å². The molecule has 0 unspecified atom stereocenters. The molecule has 33 heavy (non-hydrogen) atoms.